The van der Waals surface area contributed by atoms with Gasteiger partial charge in [0.25, 0.3) is 0 Å². The van der Waals surface area contributed by atoms with Gasteiger partial charge in [0.1, 0.15) is 6.73 Å². The fourth-order valence-electron chi connectivity index (χ4n) is 5.20. The van der Waals surface area contributed by atoms with Crippen LogP contribution in [0.25, 0.3) is 10.9 Å². The van der Waals surface area contributed by atoms with Crippen molar-refractivity contribution in [3.8, 4) is 0 Å². The third-order valence-corrected chi connectivity index (χ3v) is 6.09. The van der Waals surface area contributed by atoms with E-state index in [1.807, 2.05) is 0 Å². The molecule has 25 heavy (non-hydrogen) atoms. The van der Waals surface area contributed by atoms with Crippen LogP contribution < -0.4 is 0 Å². The Labute approximate surface area is 147 Å². The van der Waals surface area contributed by atoms with E-state index >= 15 is 0 Å². The highest BCUT2D eigenvalue weighted by atomic mass is 16.5. The number of carbonyl (C=O) groups is 1. The van der Waals surface area contributed by atoms with E-state index in [1.54, 1.807) is 0 Å². The van der Waals surface area contributed by atoms with Crippen LogP contribution in [-0.2, 0) is 27.4 Å². The summed E-state index contributed by atoms with van der Waals surface area (Å²) in [5.74, 6) is 0.699. The van der Waals surface area contributed by atoms with Gasteiger partial charge in [0.2, 0.25) is 0 Å². The number of rotatable bonds is 2. The minimum atomic E-state index is -0.180. The molecule has 132 valence electrons. The van der Waals surface area contributed by atoms with Gasteiger partial charge in [-0.1, -0.05) is 18.2 Å². The maximum atomic E-state index is 11.2. The second-order valence-corrected chi connectivity index (χ2v) is 7.66. The van der Waals surface area contributed by atoms with Crippen LogP contribution >= 0.6 is 0 Å². The summed E-state index contributed by atoms with van der Waals surface area (Å²) >= 11 is 0. The third kappa shape index (κ3) is 2.41. The van der Waals surface area contributed by atoms with Crippen LogP contribution in [0.5, 0.6) is 0 Å². The average Bonchev–Trinajstić information content (AvgIpc) is 2.80. The minimum absolute atomic E-state index is 0.180. The van der Waals surface area contributed by atoms with Crippen LogP contribution in [-0.4, -0.2) is 41.7 Å². The van der Waals surface area contributed by atoms with Crippen molar-refractivity contribution in [2.75, 3.05) is 26.3 Å². The zero-order valence-corrected chi connectivity index (χ0v) is 14.6. The number of para-hydroxylation sites is 1. The first-order valence-corrected chi connectivity index (χ1v) is 9.27. The highest BCUT2D eigenvalue weighted by Gasteiger charge is 2.44. The topological polar surface area (TPSA) is 43.7 Å². The first kappa shape index (κ1) is 15.4. The lowest BCUT2D eigenvalue weighted by atomic mass is 9.79. The molecular formula is C20H24N2O3. The number of esters is 1. The molecule has 0 radical (unpaired) electrons. The zero-order chi connectivity index (χ0) is 17.0. The van der Waals surface area contributed by atoms with Crippen LogP contribution in [0.4, 0.5) is 0 Å². The van der Waals surface area contributed by atoms with Gasteiger partial charge >= 0.3 is 5.97 Å². The summed E-state index contributed by atoms with van der Waals surface area (Å²) in [5.41, 5.74) is 4.30. The molecule has 3 atom stereocenters. The number of benzene rings is 1. The molecule has 1 fully saturated rings. The van der Waals surface area contributed by atoms with Gasteiger partial charge in [0, 0.05) is 42.9 Å². The molecule has 1 saturated heterocycles. The Bertz CT molecular complexity index is 828. The Balaban J connectivity index is 1.54. The maximum Gasteiger partial charge on any atom is 0.302 e. The van der Waals surface area contributed by atoms with E-state index in [9.17, 15) is 4.79 Å². The molecule has 2 aromatic rings. The van der Waals surface area contributed by atoms with Gasteiger partial charge in [0.15, 0.2) is 0 Å². The number of aromatic nitrogens is 1. The highest BCUT2D eigenvalue weighted by molar-refractivity contribution is 5.86. The van der Waals surface area contributed by atoms with Crippen molar-refractivity contribution in [1.29, 1.82) is 0 Å². The van der Waals surface area contributed by atoms with Crippen LogP contribution in [0.1, 0.15) is 30.6 Å². The van der Waals surface area contributed by atoms with Crippen molar-refractivity contribution in [3.63, 3.8) is 0 Å². The molecule has 3 aliphatic rings. The Hall–Kier alpha value is -1.85. The van der Waals surface area contributed by atoms with Crippen molar-refractivity contribution < 1.29 is 14.3 Å². The molecule has 5 heteroatoms. The number of hydrogen-bond donors (Lipinski definition) is 0. The molecule has 1 aromatic heterocycles. The normalized spacial score (nSPS) is 28.4. The van der Waals surface area contributed by atoms with Crippen LogP contribution in [0.2, 0.25) is 0 Å². The number of piperidine rings is 1. The predicted molar refractivity (Wildman–Crippen MR) is 94.1 cm³/mol. The predicted octanol–water partition coefficient (Wildman–Crippen LogP) is 2.73. The number of ether oxygens (including phenoxy) is 2. The smallest absolute Gasteiger partial charge is 0.302 e. The molecular weight excluding hydrogens is 316 g/mol. The van der Waals surface area contributed by atoms with E-state index in [0.29, 0.717) is 31.2 Å². The van der Waals surface area contributed by atoms with Gasteiger partial charge in [-0.15, -0.1) is 0 Å². The van der Waals surface area contributed by atoms with E-state index < -0.39 is 0 Å². The summed E-state index contributed by atoms with van der Waals surface area (Å²) in [4.78, 5) is 13.8. The Morgan fingerprint density at radius 2 is 2.24 bits per heavy atom. The summed E-state index contributed by atoms with van der Waals surface area (Å²) in [7, 11) is 0. The minimum Gasteiger partial charge on any atom is -0.466 e. The number of carbonyl (C=O) groups excluding carboxylic acids is 1. The maximum absolute atomic E-state index is 11.2. The van der Waals surface area contributed by atoms with Crippen molar-refractivity contribution in [3.05, 3.63) is 35.5 Å². The van der Waals surface area contributed by atoms with Gasteiger partial charge in [-0.05, 0) is 24.5 Å². The number of fused-ring (bicyclic) bond motifs is 3. The standard InChI is InChI=1S/C20H24N2O3/c1-13(23)25-10-14-8-15-11-24-12-22-18-5-3-2-4-16(18)17-6-7-21(9-14)19(15)20(17)22/h2-5,14-15,19H,6-12H2,1H3/t14-,15-,19-/m1/s1. The zero-order valence-electron chi connectivity index (χ0n) is 14.6. The molecule has 0 amide bonds. The quantitative estimate of drug-likeness (QED) is 0.789. The van der Waals surface area contributed by atoms with Crippen molar-refractivity contribution in [2.45, 2.75) is 32.5 Å². The largest absolute Gasteiger partial charge is 0.466 e. The number of nitrogens with zero attached hydrogens (tertiary/aromatic N) is 2. The number of hydrogen-bond acceptors (Lipinski definition) is 4. The molecule has 0 unspecified atom stereocenters. The van der Waals surface area contributed by atoms with Crippen molar-refractivity contribution >= 4 is 16.9 Å². The molecule has 1 aromatic carbocycles. The van der Waals surface area contributed by atoms with Gasteiger partial charge < -0.3 is 14.0 Å². The summed E-state index contributed by atoms with van der Waals surface area (Å²) in [6.45, 7) is 5.55. The molecule has 0 spiro atoms. The molecule has 0 bridgehead atoms. The molecule has 0 aliphatic carbocycles. The van der Waals surface area contributed by atoms with Crippen LogP contribution in [0.15, 0.2) is 24.3 Å². The summed E-state index contributed by atoms with van der Waals surface area (Å²) in [6, 6.07) is 9.16. The highest BCUT2D eigenvalue weighted by Crippen LogP contribution is 2.46. The first-order valence-electron chi connectivity index (χ1n) is 9.27. The van der Waals surface area contributed by atoms with E-state index in [-0.39, 0.29) is 5.97 Å². The molecule has 3 aliphatic heterocycles. The Kier molecular flexibility index (Phi) is 3.61. The fraction of sp³-hybridized carbons (Fsp3) is 0.550. The van der Waals surface area contributed by atoms with E-state index in [0.717, 1.165) is 32.5 Å². The van der Waals surface area contributed by atoms with Gasteiger partial charge in [-0.25, -0.2) is 0 Å². The summed E-state index contributed by atoms with van der Waals surface area (Å²) in [6.07, 6.45) is 2.15. The molecule has 4 heterocycles. The monoisotopic (exact) mass is 340 g/mol. The second-order valence-electron chi connectivity index (χ2n) is 7.66. The fourth-order valence-corrected chi connectivity index (χ4v) is 5.20. The molecule has 0 N–H and O–H groups in total. The molecule has 0 saturated carbocycles. The van der Waals surface area contributed by atoms with E-state index in [2.05, 4.69) is 33.7 Å². The Morgan fingerprint density at radius 3 is 3.12 bits per heavy atom. The van der Waals surface area contributed by atoms with E-state index in [4.69, 9.17) is 9.47 Å². The SMILES string of the molecule is CC(=O)OC[C@@H]1C[C@@H]2COCn3c4c(c5ccccc53)CCN(C1)[C@@H]42. The Morgan fingerprint density at radius 1 is 1.36 bits per heavy atom. The van der Waals surface area contributed by atoms with Gasteiger partial charge in [-0.3, -0.25) is 9.69 Å². The lowest BCUT2D eigenvalue weighted by Crippen LogP contribution is -2.48. The summed E-state index contributed by atoms with van der Waals surface area (Å²) < 4.78 is 13.8. The van der Waals surface area contributed by atoms with Gasteiger partial charge in [0.05, 0.1) is 24.8 Å². The lowest BCUT2D eigenvalue weighted by Gasteiger charge is -2.46. The summed E-state index contributed by atoms with van der Waals surface area (Å²) in [5, 5.41) is 1.39. The van der Waals surface area contributed by atoms with E-state index in [1.165, 1.54) is 29.1 Å². The van der Waals surface area contributed by atoms with Gasteiger partial charge in [-0.2, -0.15) is 0 Å². The van der Waals surface area contributed by atoms with Crippen molar-refractivity contribution in [1.82, 2.24) is 9.47 Å². The molecule has 5 nitrogen and oxygen atoms in total. The third-order valence-electron chi connectivity index (χ3n) is 6.09. The van der Waals surface area contributed by atoms with Crippen LogP contribution in [0.3, 0.4) is 0 Å². The lowest BCUT2D eigenvalue weighted by molar-refractivity contribution is -0.143. The van der Waals surface area contributed by atoms with Crippen LogP contribution in [0, 0.1) is 11.8 Å². The van der Waals surface area contributed by atoms with Crippen molar-refractivity contribution in [2.24, 2.45) is 11.8 Å². The average molecular weight is 340 g/mol. The first-order chi connectivity index (χ1) is 12.2. The second kappa shape index (κ2) is 5.85. The molecule has 5 rings (SSSR count).